The van der Waals surface area contributed by atoms with Crippen LogP contribution in [0, 0.1) is 0 Å². The van der Waals surface area contributed by atoms with E-state index in [1.807, 2.05) is 27.2 Å². The molecule has 3 atom stereocenters. The van der Waals surface area contributed by atoms with Crippen molar-refractivity contribution in [2.75, 3.05) is 40.9 Å². The highest BCUT2D eigenvalue weighted by Gasteiger charge is 2.23. The van der Waals surface area contributed by atoms with E-state index in [1.54, 1.807) is 6.08 Å². The van der Waals surface area contributed by atoms with Crippen LogP contribution in [0.15, 0.2) is 122 Å². The van der Waals surface area contributed by atoms with Gasteiger partial charge in [-0.25, -0.2) is 0 Å². The molecule has 0 bridgehead atoms. The summed E-state index contributed by atoms with van der Waals surface area (Å²) in [5, 5.41) is 13.9. The molecule has 8 nitrogen and oxygen atoms in total. The first-order valence-corrected chi connectivity index (χ1v) is 32.4. The van der Waals surface area contributed by atoms with Crippen molar-refractivity contribution in [3.8, 4) is 0 Å². The fourth-order valence-corrected chi connectivity index (χ4v) is 9.08. The van der Waals surface area contributed by atoms with Gasteiger partial charge in [-0.2, -0.15) is 0 Å². The van der Waals surface area contributed by atoms with Crippen LogP contribution in [0.3, 0.4) is 0 Å². The predicted molar refractivity (Wildman–Crippen MR) is 329 cm³/mol. The molecule has 1 amide bonds. The maximum atomic E-state index is 13.0. The Morgan fingerprint density at radius 3 is 1.22 bits per heavy atom. The zero-order valence-corrected chi connectivity index (χ0v) is 50.6. The van der Waals surface area contributed by atoms with E-state index in [-0.39, 0.29) is 12.5 Å². The van der Waals surface area contributed by atoms with Gasteiger partial charge in [-0.3, -0.25) is 9.36 Å². The lowest BCUT2D eigenvalue weighted by Gasteiger charge is -2.29. The molecule has 0 aliphatic heterocycles. The predicted octanol–water partition coefficient (Wildman–Crippen LogP) is 18.7. The lowest BCUT2D eigenvalue weighted by atomic mass is 10.0. The Labute approximate surface area is 469 Å². The maximum Gasteiger partial charge on any atom is 0.268 e. The average Bonchev–Trinajstić information content (AvgIpc) is 3.38. The molecule has 0 aliphatic rings. The fourth-order valence-electron chi connectivity index (χ4n) is 8.36. The first kappa shape index (κ1) is 72.9. The van der Waals surface area contributed by atoms with Crippen molar-refractivity contribution in [3.05, 3.63) is 122 Å². The van der Waals surface area contributed by atoms with E-state index in [0.29, 0.717) is 17.4 Å². The molecule has 0 saturated heterocycles. The number of nitrogens with one attached hydrogen (secondary N) is 1. The molecule has 0 rings (SSSR count). The summed E-state index contributed by atoms with van der Waals surface area (Å²) < 4.78 is 23.3. The first-order valence-electron chi connectivity index (χ1n) is 30.9. The SMILES string of the molecule is CC/C=C\C/C=C\C/C=C\C/C=C\C/C=C\C/C=C\C/C=C\C/C=C\CCCCCCCCCCCCCCC(=O)NC(COP(=O)([O-])OCC[N+](C)(C)C)C(O)/C=C/CC/C=C/CCCCCCCCCCCCC. The molecule has 0 spiro atoms. The van der Waals surface area contributed by atoms with Crippen LogP contribution in [0.5, 0.6) is 0 Å². The summed E-state index contributed by atoms with van der Waals surface area (Å²) >= 11 is 0. The zero-order chi connectivity index (χ0) is 55.6. The number of aliphatic hydroxyl groups excluding tert-OH is 1. The summed E-state index contributed by atoms with van der Waals surface area (Å²) in [4.78, 5) is 25.5. The third-order valence-electron chi connectivity index (χ3n) is 13.2. The van der Waals surface area contributed by atoms with Crippen molar-refractivity contribution in [1.29, 1.82) is 0 Å². The van der Waals surface area contributed by atoms with Crippen LogP contribution in [0.2, 0.25) is 0 Å². The molecule has 0 aromatic heterocycles. The number of allylic oxidation sites excluding steroid dienone is 19. The number of hydrogen-bond acceptors (Lipinski definition) is 6. The number of amides is 1. The molecule has 0 aromatic carbocycles. The molecule has 3 unspecified atom stereocenters. The Hall–Kier alpha value is -3.10. The van der Waals surface area contributed by atoms with Gasteiger partial charge in [-0.15, -0.1) is 0 Å². The Morgan fingerprint density at radius 1 is 0.474 bits per heavy atom. The van der Waals surface area contributed by atoms with Gasteiger partial charge in [0.25, 0.3) is 7.82 Å². The maximum absolute atomic E-state index is 13.0. The van der Waals surface area contributed by atoms with Crippen LogP contribution >= 0.6 is 7.82 Å². The second-order valence-electron chi connectivity index (χ2n) is 21.7. The first-order chi connectivity index (χ1) is 37.0. The Bertz CT molecular complexity index is 1650. The number of hydrogen-bond donors (Lipinski definition) is 2. The Kier molecular flexibility index (Phi) is 54.3. The number of phosphoric ester groups is 1. The number of carbonyl (C=O) groups is 1. The molecular weight excluding hydrogens is 960 g/mol. The third-order valence-corrected chi connectivity index (χ3v) is 14.1. The highest BCUT2D eigenvalue weighted by Crippen LogP contribution is 2.38. The monoisotopic (exact) mass is 1080 g/mol. The van der Waals surface area contributed by atoms with E-state index in [9.17, 15) is 19.4 Å². The van der Waals surface area contributed by atoms with Crippen molar-refractivity contribution in [3.63, 3.8) is 0 Å². The number of aliphatic hydroxyl groups is 1. The lowest BCUT2D eigenvalue weighted by Crippen LogP contribution is -2.45. The molecule has 0 aliphatic carbocycles. The van der Waals surface area contributed by atoms with Crippen molar-refractivity contribution >= 4 is 13.7 Å². The van der Waals surface area contributed by atoms with Crippen LogP contribution < -0.4 is 10.2 Å². The van der Waals surface area contributed by atoms with Crippen LogP contribution in [-0.2, 0) is 18.4 Å². The van der Waals surface area contributed by atoms with Crippen LogP contribution in [0.25, 0.3) is 0 Å². The van der Waals surface area contributed by atoms with Crippen molar-refractivity contribution in [1.82, 2.24) is 5.32 Å². The van der Waals surface area contributed by atoms with E-state index in [4.69, 9.17) is 9.05 Å². The van der Waals surface area contributed by atoms with Gasteiger partial charge in [-0.1, -0.05) is 264 Å². The summed E-state index contributed by atoms with van der Waals surface area (Å²) in [6, 6.07) is -0.912. The summed E-state index contributed by atoms with van der Waals surface area (Å²) in [6.07, 6.45) is 84.3. The molecule has 0 radical (unpaired) electrons. The molecule has 0 fully saturated rings. The van der Waals surface area contributed by atoms with Gasteiger partial charge in [-0.05, 0) is 96.3 Å². The number of quaternary nitrogens is 1. The molecule has 76 heavy (non-hydrogen) atoms. The zero-order valence-electron chi connectivity index (χ0n) is 49.7. The van der Waals surface area contributed by atoms with Gasteiger partial charge < -0.3 is 28.8 Å². The summed E-state index contributed by atoms with van der Waals surface area (Å²) in [5.41, 5.74) is 0. The second kappa shape index (κ2) is 56.6. The minimum absolute atomic E-state index is 0.0116. The van der Waals surface area contributed by atoms with E-state index < -0.39 is 26.6 Å². The highest BCUT2D eigenvalue weighted by molar-refractivity contribution is 7.45. The number of phosphoric acid groups is 1. The van der Waals surface area contributed by atoms with Gasteiger partial charge in [0.1, 0.15) is 13.2 Å². The van der Waals surface area contributed by atoms with Crippen LogP contribution in [-0.4, -0.2) is 68.5 Å². The van der Waals surface area contributed by atoms with E-state index in [2.05, 4.69) is 129 Å². The van der Waals surface area contributed by atoms with Gasteiger partial charge in [0.15, 0.2) is 0 Å². The molecule has 0 heterocycles. The minimum atomic E-state index is -4.61. The molecule has 0 saturated carbocycles. The van der Waals surface area contributed by atoms with E-state index in [1.165, 1.54) is 135 Å². The molecule has 436 valence electrons. The number of carbonyl (C=O) groups excluding carboxylic acids is 1. The molecule has 9 heteroatoms. The second-order valence-corrected chi connectivity index (χ2v) is 23.1. The fraction of sp³-hybridized carbons (Fsp3) is 0.687. The summed E-state index contributed by atoms with van der Waals surface area (Å²) in [6.45, 7) is 4.51. The van der Waals surface area contributed by atoms with E-state index >= 15 is 0 Å². The average molecular weight is 1080 g/mol. The topological polar surface area (TPSA) is 108 Å². The number of nitrogens with zero attached hydrogens (tertiary/aromatic N) is 1. The molecule has 2 N–H and O–H groups in total. The van der Waals surface area contributed by atoms with Gasteiger partial charge in [0.05, 0.1) is 39.9 Å². The number of likely N-dealkylation sites (N-methyl/N-ethyl adjacent to an activating group) is 1. The molecular formula is C67H117N2O6P. The third kappa shape index (κ3) is 58.6. The minimum Gasteiger partial charge on any atom is -0.756 e. The molecule has 0 aromatic rings. The lowest BCUT2D eigenvalue weighted by molar-refractivity contribution is -0.870. The van der Waals surface area contributed by atoms with Gasteiger partial charge in [0.2, 0.25) is 5.91 Å². The van der Waals surface area contributed by atoms with Gasteiger partial charge >= 0.3 is 0 Å². The van der Waals surface area contributed by atoms with Crippen molar-refractivity contribution in [2.45, 2.75) is 257 Å². The van der Waals surface area contributed by atoms with Crippen LogP contribution in [0.4, 0.5) is 0 Å². The number of rotatable bonds is 55. The Morgan fingerprint density at radius 2 is 0.816 bits per heavy atom. The quantitative estimate of drug-likeness (QED) is 0.0272. The summed E-state index contributed by atoms with van der Waals surface area (Å²) in [7, 11) is 1.23. The normalized spacial score (nSPS) is 14.7. The Balaban J connectivity index is 4.14. The van der Waals surface area contributed by atoms with E-state index in [0.717, 1.165) is 89.9 Å². The smallest absolute Gasteiger partial charge is 0.268 e. The van der Waals surface area contributed by atoms with Crippen molar-refractivity contribution in [2.24, 2.45) is 0 Å². The van der Waals surface area contributed by atoms with Crippen LogP contribution in [0.1, 0.15) is 245 Å². The highest BCUT2D eigenvalue weighted by atomic mass is 31.2. The summed E-state index contributed by atoms with van der Waals surface area (Å²) in [5.74, 6) is -0.213. The number of unbranched alkanes of at least 4 members (excludes halogenated alkanes) is 24. The standard InChI is InChI=1S/C67H117N2O6P/c1-6-8-10-12-14-16-18-20-22-24-25-26-27-28-29-30-31-32-33-34-35-36-37-38-39-40-41-42-43-45-47-49-51-53-55-57-59-61-67(71)68-65(64-75-76(72,73)74-63-62-69(3,4)5)66(70)60-58-56-54-52-50-48-46-44-23-21-19-17-15-13-11-9-7-2/h8,10,14,16,20,22,25-26,28-29,31-32,34-35,37-38,50,52,58,60,65-66,70H,6-7,9,11-13,15,17-19,21,23-24,27,30,33,36,39-49,51,53-57,59,61-64H2,1-5H3,(H-,68,71,72,73)/b10-8-,16-14-,22-20-,26-25-,29-28-,32-31-,35-34-,38-37-,52-50+,60-58+. The van der Waals surface area contributed by atoms with Gasteiger partial charge in [0, 0.05) is 6.42 Å². The van der Waals surface area contributed by atoms with Crippen molar-refractivity contribution < 1.29 is 32.9 Å². The largest absolute Gasteiger partial charge is 0.756 e.